The van der Waals surface area contributed by atoms with E-state index in [-0.39, 0.29) is 0 Å². The lowest BCUT2D eigenvalue weighted by Gasteiger charge is -2.21. The van der Waals surface area contributed by atoms with Crippen molar-refractivity contribution in [2.75, 3.05) is 18.9 Å². The van der Waals surface area contributed by atoms with Crippen LogP contribution in [0.2, 0.25) is 0 Å². The molecule has 0 saturated heterocycles. The minimum atomic E-state index is 0.323. The van der Waals surface area contributed by atoms with Gasteiger partial charge in [-0.2, -0.15) is 0 Å². The van der Waals surface area contributed by atoms with E-state index in [1.165, 1.54) is 27.8 Å². The summed E-state index contributed by atoms with van der Waals surface area (Å²) in [4.78, 5) is 0. The molecule has 1 aliphatic carbocycles. The number of nitrogen functional groups attached to an aromatic ring is 1. The van der Waals surface area contributed by atoms with Crippen molar-refractivity contribution in [1.82, 2.24) is 0 Å². The van der Waals surface area contributed by atoms with Crippen LogP contribution in [0.5, 0.6) is 5.75 Å². The Morgan fingerprint density at radius 1 is 0.852 bits per heavy atom. The number of hydrogen-bond acceptors (Lipinski definition) is 3. The molecule has 0 aromatic heterocycles. The van der Waals surface area contributed by atoms with E-state index in [0.29, 0.717) is 19.1 Å². The quantitative estimate of drug-likeness (QED) is 0.676. The average molecular weight is 358 g/mol. The number of fused-ring (bicyclic) bond motifs is 2. The molecule has 1 aliphatic rings. The maximum Gasteiger partial charge on any atom is 0.119 e. The lowest BCUT2D eigenvalue weighted by molar-refractivity contribution is 0.328. The zero-order valence-electron chi connectivity index (χ0n) is 15.5. The van der Waals surface area contributed by atoms with Gasteiger partial charge in [0.1, 0.15) is 12.4 Å². The molecule has 1 unspecified atom stereocenters. The smallest absolute Gasteiger partial charge is 0.119 e. The first-order valence-electron chi connectivity index (χ1n) is 9.62. The fourth-order valence-electron chi connectivity index (χ4n) is 4.12. The lowest BCUT2D eigenvalue weighted by Crippen LogP contribution is -2.11. The molecule has 4 N–H and O–H groups in total. The summed E-state index contributed by atoms with van der Waals surface area (Å²) >= 11 is 0. The summed E-state index contributed by atoms with van der Waals surface area (Å²) < 4.78 is 5.77. The molecule has 0 aliphatic heterocycles. The summed E-state index contributed by atoms with van der Waals surface area (Å²) in [6.07, 6.45) is 3.02. The molecule has 27 heavy (non-hydrogen) atoms. The molecule has 0 fully saturated rings. The molecule has 0 heterocycles. The van der Waals surface area contributed by atoms with Gasteiger partial charge in [0.2, 0.25) is 0 Å². The Kier molecular flexibility index (Phi) is 5.12. The van der Waals surface area contributed by atoms with Gasteiger partial charge in [-0.15, -0.1) is 0 Å². The van der Waals surface area contributed by atoms with Crippen molar-refractivity contribution in [3.05, 3.63) is 94.5 Å². The van der Waals surface area contributed by atoms with Gasteiger partial charge in [-0.1, -0.05) is 42.5 Å². The molecule has 3 nitrogen and oxygen atoms in total. The fraction of sp³-hybridized carbons (Fsp3) is 0.250. The number of benzene rings is 3. The van der Waals surface area contributed by atoms with Crippen molar-refractivity contribution in [3.8, 4) is 5.75 Å². The first-order chi connectivity index (χ1) is 13.2. The summed E-state index contributed by atoms with van der Waals surface area (Å²) in [5.74, 6) is 1.23. The topological polar surface area (TPSA) is 61.3 Å². The molecule has 138 valence electrons. The van der Waals surface area contributed by atoms with Crippen molar-refractivity contribution < 1.29 is 4.74 Å². The summed E-state index contributed by atoms with van der Waals surface area (Å²) in [5.41, 5.74) is 19.3. The fourth-order valence-corrected chi connectivity index (χ4v) is 4.12. The van der Waals surface area contributed by atoms with Crippen LogP contribution in [0, 0.1) is 0 Å². The van der Waals surface area contributed by atoms with Crippen molar-refractivity contribution in [1.29, 1.82) is 0 Å². The van der Waals surface area contributed by atoms with Crippen LogP contribution in [-0.4, -0.2) is 13.2 Å². The van der Waals surface area contributed by atoms with E-state index in [9.17, 15) is 0 Å². The first kappa shape index (κ1) is 17.6. The van der Waals surface area contributed by atoms with Crippen LogP contribution >= 0.6 is 0 Å². The van der Waals surface area contributed by atoms with Gasteiger partial charge in [0.25, 0.3) is 0 Å². The third kappa shape index (κ3) is 3.83. The number of anilines is 1. The molecule has 1 atom stereocenters. The Morgan fingerprint density at radius 3 is 2.52 bits per heavy atom. The van der Waals surface area contributed by atoms with Crippen molar-refractivity contribution in [2.24, 2.45) is 5.73 Å². The number of hydrogen-bond donors (Lipinski definition) is 2. The second-order valence-corrected chi connectivity index (χ2v) is 7.20. The maximum absolute atomic E-state index is 6.02. The largest absolute Gasteiger partial charge is 0.492 e. The van der Waals surface area contributed by atoms with Gasteiger partial charge in [-0.3, -0.25) is 0 Å². The summed E-state index contributed by atoms with van der Waals surface area (Å²) in [6.45, 7) is 1.08. The minimum absolute atomic E-state index is 0.323. The molecule has 3 aromatic carbocycles. The van der Waals surface area contributed by atoms with Crippen LogP contribution in [0.4, 0.5) is 5.69 Å². The number of aryl methyl sites for hydroxylation is 2. The minimum Gasteiger partial charge on any atom is -0.492 e. The van der Waals surface area contributed by atoms with Crippen LogP contribution in [-0.2, 0) is 19.3 Å². The maximum atomic E-state index is 6.02. The van der Waals surface area contributed by atoms with Gasteiger partial charge in [0.15, 0.2) is 0 Å². The molecule has 4 rings (SSSR count). The number of ether oxygens (including phenoxy) is 1. The molecule has 3 aromatic rings. The average Bonchev–Trinajstić information content (AvgIpc) is 2.84. The van der Waals surface area contributed by atoms with E-state index < -0.39 is 0 Å². The van der Waals surface area contributed by atoms with E-state index in [1.807, 2.05) is 12.1 Å². The van der Waals surface area contributed by atoms with Gasteiger partial charge < -0.3 is 16.2 Å². The van der Waals surface area contributed by atoms with Gasteiger partial charge >= 0.3 is 0 Å². The van der Waals surface area contributed by atoms with Crippen molar-refractivity contribution in [2.45, 2.75) is 25.2 Å². The van der Waals surface area contributed by atoms with E-state index >= 15 is 0 Å². The van der Waals surface area contributed by atoms with Crippen LogP contribution in [0.1, 0.15) is 33.7 Å². The normalized spacial score (nSPS) is 15.5. The Balaban J connectivity index is 1.76. The summed E-state index contributed by atoms with van der Waals surface area (Å²) in [5, 5.41) is 0. The molecule has 0 amide bonds. The van der Waals surface area contributed by atoms with E-state index in [1.54, 1.807) is 0 Å². The van der Waals surface area contributed by atoms with Crippen LogP contribution in [0.3, 0.4) is 0 Å². The highest BCUT2D eigenvalue weighted by atomic mass is 16.5. The third-order valence-corrected chi connectivity index (χ3v) is 5.36. The van der Waals surface area contributed by atoms with Crippen LogP contribution in [0.15, 0.2) is 66.7 Å². The Hall–Kier alpha value is -2.78. The second kappa shape index (κ2) is 7.85. The van der Waals surface area contributed by atoms with Gasteiger partial charge in [0, 0.05) is 18.2 Å². The SMILES string of the molecule is NCCOc1ccc2c(c1)CCc1ccccc1C2Cc1cccc(N)c1. The Labute approximate surface area is 161 Å². The van der Waals surface area contributed by atoms with Gasteiger partial charge in [-0.25, -0.2) is 0 Å². The highest BCUT2D eigenvalue weighted by Crippen LogP contribution is 2.38. The molecule has 0 saturated carbocycles. The monoisotopic (exact) mass is 358 g/mol. The standard InChI is InChI=1S/C24H26N2O/c25-12-13-27-21-10-11-23-19(16-21)9-8-18-5-1-2-7-22(18)24(23)15-17-4-3-6-20(26)14-17/h1-7,10-11,14,16,24H,8-9,12-13,15,25-26H2. The summed E-state index contributed by atoms with van der Waals surface area (Å²) in [7, 11) is 0. The predicted octanol–water partition coefficient (Wildman–Crippen LogP) is 4.08. The van der Waals surface area contributed by atoms with Gasteiger partial charge in [-0.05, 0) is 71.3 Å². The highest BCUT2D eigenvalue weighted by molar-refractivity contribution is 5.49. The Bertz CT molecular complexity index is 935. The number of nitrogens with two attached hydrogens (primary N) is 2. The van der Waals surface area contributed by atoms with Crippen molar-refractivity contribution >= 4 is 5.69 Å². The van der Waals surface area contributed by atoms with Crippen LogP contribution in [0.25, 0.3) is 0 Å². The van der Waals surface area contributed by atoms with Crippen molar-refractivity contribution in [3.63, 3.8) is 0 Å². The second-order valence-electron chi connectivity index (χ2n) is 7.20. The predicted molar refractivity (Wildman–Crippen MR) is 111 cm³/mol. The molecule has 0 spiro atoms. The lowest BCUT2D eigenvalue weighted by atomic mass is 9.83. The zero-order chi connectivity index (χ0) is 18.6. The molecular weight excluding hydrogens is 332 g/mol. The van der Waals surface area contributed by atoms with E-state index in [2.05, 4.69) is 54.6 Å². The molecule has 0 bridgehead atoms. The van der Waals surface area contributed by atoms with Gasteiger partial charge in [0.05, 0.1) is 0 Å². The van der Waals surface area contributed by atoms with E-state index in [4.69, 9.17) is 16.2 Å². The molecule has 0 radical (unpaired) electrons. The number of rotatable bonds is 5. The summed E-state index contributed by atoms with van der Waals surface area (Å²) in [6, 6.07) is 23.6. The van der Waals surface area contributed by atoms with Crippen LogP contribution < -0.4 is 16.2 Å². The zero-order valence-corrected chi connectivity index (χ0v) is 15.5. The van der Waals surface area contributed by atoms with E-state index in [0.717, 1.165) is 30.7 Å². The first-order valence-corrected chi connectivity index (χ1v) is 9.62. The molecular formula is C24H26N2O. The third-order valence-electron chi connectivity index (χ3n) is 5.36. The highest BCUT2D eigenvalue weighted by Gasteiger charge is 2.24. The molecule has 3 heteroatoms. The Morgan fingerprint density at radius 2 is 1.67 bits per heavy atom.